The topological polar surface area (TPSA) is 72.9 Å². The van der Waals surface area contributed by atoms with E-state index in [1.54, 1.807) is 16.9 Å². The van der Waals surface area contributed by atoms with Crippen LogP contribution in [0.2, 0.25) is 5.02 Å². The molecule has 2 rings (SSSR count). The highest BCUT2D eigenvalue weighted by molar-refractivity contribution is 6.32. The Bertz CT molecular complexity index is 667. The Morgan fingerprint density at radius 3 is 2.64 bits per heavy atom. The van der Waals surface area contributed by atoms with Crippen LogP contribution in [-0.2, 0) is 0 Å². The van der Waals surface area contributed by atoms with Gasteiger partial charge >= 0.3 is 0 Å². The third-order valence-corrected chi connectivity index (χ3v) is 3.62. The van der Waals surface area contributed by atoms with Crippen molar-refractivity contribution in [3.8, 4) is 5.69 Å². The predicted molar refractivity (Wildman–Crippen MR) is 91.2 cm³/mol. The maximum atomic E-state index is 12.3. The largest absolute Gasteiger partial charge is 0.346 e. The van der Waals surface area contributed by atoms with Crippen molar-refractivity contribution in [1.29, 1.82) is 0 Å². The zero-order chi connectivity index (χ0) is 15.6. The van der Waals surface area contributed by atoms with Crippen LogP contribution >= 0.6 is 24.0 Å². The molecule has 0 radical (unpaired) electrons. The molecule has 7 heteroatoms. The fourth-order valence-electron chi connectivity index (χ4n) is 1.92. The van der Waals surface area contributed by atoms with Gasteiger partial charge in [-0.1, -0.05) is 23.7 Å². The molecule has 0 saturated heterocycles. The minimum absolute atomic E-state index is 0. The first-order valence-corrected chi connectivity index (χ1v) is 7.05. The lowest BCUT2D eigenvalue weighted by atomic mass is 10.1. The predicted octanol–water partition coefficient (Wildman–Crippen LogP) is 2.72. The van der Waals surface area contributed by atoms with E-state index in [9.17, 15) is 4.79 Å². The van der Waals surface area contributed by atoms with Crippen molar-refractivity contribution < 1.29 is 4.79 Å². The van der Waals surface area contributed by atoms with E-state index in [1.165, 1.54) is 0 Å². The number of aromatic nitrogens is 2. The lowest BCUT2D eigenvalue weighted by molar-refractivity contribution is 0.0915. The van der Waals surface area contributed by atoms with Crippen molar-refractivity contribution in [3.63, 3.8) is 0 Å². The molecule has 1 heterocycles. The number of halogens is 2. The van der Waals surface area contributed by atoms with Crippen molar-refractivity contribution >= 4 is 29.9 Å². The molecule has 0 unspecified atom stereocenters. The SMILES string of the molecule is Cc1c(C(=O)NC(C)(C)CN)cnn1-c1ccccc1Cl.Cl. The molecular formula is C15H20Cl2N4O. The Morgan fingerprint density at radius 2 is 2.05 bits per heavy atom. The van der Waals surface area contributed by atoms with Gasteiger partial charge in [-0.2, -0.15) is 5.10 Å². The molecule has 0 atom stereocenters. The van der Waals surface area contributed by atoms with Crippen molar-refractivity contribution in [3.05, 3.63) is 46.7 Å². The normalized spacial score (nSPS) is 11.0. The molecule has 22 heavy (non-hydrogen) atoms. The highest BCUT2D eigenvalue weighted by atomic mass is 35.5. The van der Waals surface area contributed by atoms with Gasteiger partial charge in [-0.25, -0.2) is 4.68 Å². The van der Waals surface area contributed by atoms with Crippen LogP contribution in [0, 0.1) is 6.92 Å². The molecule has 5 nitrogen and oxygen atoms in total. The third-order valence-electron chi connectivity index (χ3n) is 3.30. The number of nitrogens with two attached hydrogens (primary N) is 1. The maximum absolute atomic E-state index is 12.3. The number of hydrogen-bond acceptors (Lipinski definition) is 3. The van der Waals surface area contributed by atoms with E-state index < -0.39 is 5.54 Å². The summed E-state index contributed by atoms with van der Waals surface area (Å²) in [5, 5.41) is 7.74. The number of amides is 1. The highest BCUT2D eigenvalue weighted by Gasteiger charge is 2.22. The van der Waals surface area contributed by atoms with E-state index in [0.29, 0.717) is 17.1 Å². The quantitative estimate of drug-likeness (QED) is 0.897. The second-order valence-electron chi connectivity index (χ2n) is 5.55. The molecule has 0 aliphatic carbocycles. The Balaban J connectivity index is 0.00000242. The Hall–Kier alpha value is -1.56. The van der Waals surface area contributed by atoms with Crippen LogP contribution in [0.25, 0.3) is 5.69 Å². The Kier molecular flexibility index (Phi) is 6.00. The van der Waals surface area contributed by atoms with Crippen LogP contribution in [0.5, 0.6) is 0 Å². The van der Waals surface area contributed by atoms with Crippen molar-refractivity contribution in [2.45, 2.75) is 26.3 Å². The van der Waals surface area contributed by atoms with E-state index in [4.69, 9.17) is 17.3 Å². The first-order chi connectivity index (χ1) is 9.85. The number of carbonyl (C=O) groups is 1. The summed E-state index contributed by atoms with van der Waals surface area (Å²) < 4.78 is 1.66. The lowest BCUT2D eigenvalue weighted by Gasteiger charge is -2.24. The molecule has 0 bridgehead atoms. The number of rotatable bonds is 4. The van der Waals surface area contributed by atoms with E-state index in [-0.39, 0.29) is 18.3 Å². The van der Waals surface area contributed by atoms with E-state index in [2.05, 4.69) is 10.4 Å². The first kappa shape index (κ1) is 18.5. The molecule has 1 aromatic carbocycles. The molecule has 0 saturated carbocycles. The zero-order valence-corrected chi connectivity index (χ0v) is 14.3. The van der Waals surface area contributed by atoms with Crippen molar-refractivity contribution in [2.24, 2.45) is 5.73 Å². The van der Waals surface area contributed by atoms with Gasteiger partial charge in [-0.05, 0) is 32.9 Å². The number of benzene rings is 1. The van der Waals surface area contributed by atoms with Gasteiger partial charge in [-0.3, -0.25) is 4.79 Å². The average molecular weight is 343 g/mol. The van der Waals surface area contributed by atoms with Gasteiger partial charge in [0.25, 0.3) is 5.91 Å². The molecule has 120 valence electrons. The summed E-state index contributed by atoms with van der Waals surface area (Å²) in [4.78, 5) is 12.3. The fraction of sp³-hybridized carbons (Fsp3) is 0.333. The van der Waals surface area contributed by atoms with E-state index in [0.717, 1.165) is 11.4 Å². The summed E-state index contributed by atoms with van der Waals surface area (Å²) in [5.74, 6) is -0.193. The van der Waals surface area contributed by atoms with Crippen LogP contribution < -0.4 is 11.1 Å². The van der Waals surface area contributed by atoms with Gasteiger partial charge in [0.1, 0.15) is 0 Å². The van der Waals surface area contributed by atoms with Gasteiger partial charge in [0.2, 0.25) is 0 Å². The van der Waals surface area contributed by atoms with Crippen LogP contribution in [0.3, 0.4) is 0 Å². The van der Waals surface area contributed by atoms with E-state index >= 15 is 0 Å². The van der Waals surface area contributed by atoms with Gasteiger partial charge in [-0.15, -0.1) is 12.4 Å². The van der Waals surface area contributed by atoms with E-state index in [1.807, 2.05) is 39.0 Å². The second kappa shape index (κ2) is 7.13. The molecular weight excluding hydrogens is 323 g/mol. The molecule has 2 aromatic rings. The van der Waals surface area contributed by atoms with Crippen LogP contribution in [0.4, 0.5) is 0 Å². The molecule has 0 fully saturated rings. The van der Waals surface area contributed by atoms with Gasteiger partial charge in [0.05, 0.1) is 28.2 Å². The summed E-state index contributed by atoms with van der Waals surface area (Å²) in [7, 11) is 0. The molecule has 0 aliphatic heterocycles. The van der Waals surface area contributed by atoms with Gasteiger partial charge < -0.3 is 11.1 Å². The highest BCUT2D eigenvalue weighted by Crippen LogP contribution is 2.22. The second-order valence-corrected chi connectivity index (χ2v) is 5.96. The molecule has 3 N–H and O–H groups in total. The number of nitrogens with one attached hydrogen (secondary N) is 1. The van der Waals surface area contributed by atoms with Crippen LogP contribution in [-0.4, -0.2) is 27.8 Å². The first-order valence-electron chi connectivity index (χ1n) is 6.68. The fourth-order valence-corrected chi connectivity index (χ4v) is 2.14. The van der Waals surface area contributed by atoms with Crippen LogP contribution in [0.15, 0.2) is 30.5 Å². The van der Waals surface area contributed by atoms with Gasteiger partial charge in [0.15, 0.2) is 0 Å². The Morgan fingerprint density at radius 1 is 1.41 bits per heavy atom. The Labute approximate surface area is 141 Å². The molecule has 1 aromatic heterocycles. The summed E-state index contributed by atoms with van der Waals surface area (Å²) >= 11 is 6.17. The van der Waals surface area contributed by atoms with Crippen LogP contribution in [0.1, 0.15) is 29.9 Å². The summed E-state index contributed by atoms with van der Waals surface area (Å²) in [5.41, 5.74) is 7.16. The third kappa shape index (κ3) is 3.80. The summed E-state index contributed by atoms with van der Waals surface area (Å²) in [6, 6.07) is 7.37. The number of carbonyl (C=O) groups excluding carboxylic acids is 1. The number of nitrogens with zero attached hydrogens (tertiary/aromatic N) is 2. The molecule has 0 aliphatic rings. The van der Waals surface area contributed by atoms with Crippen molar-refractivity contribution in [1.82, 2.24) is 15.1 Å². The van der Waals surface area contributed by atoms with Gasteiger partial charge in [0, 0.05) is 12.1 Å². The summed E-state index contributed by atoms with van der Waals surface area (Å²) in [6.07, 6.45) is 1.54. The monoisotopic (exact) mass is 342 g/mol. The number of para-hydroxylation sites is 1. The summed E-state index contributed by atoms with van der Waals surface area (Å²) in [6.45, 7) is 5.94. The molecule has 0 spiro atoms. The average Bonchev–Trinajstić information content (AvgIpc) is 2.81. The minimum Gasteiger partial charge on any atom is -0.346 e. The lowest BCUT2D eigenvalue weighted by Crippen LogP contribution is -2.48. The minimum atomic E-state index is -0.462. The zero-order valence-electron chi connectivity index (χ0n) is 12.8. The maximum Gasteiger partial charge on any atom is 0.255 e. The standard InChI is InChI=1S/C15H19ClN4O.ClH/c1-10-11(14(21)19-15(2,3)9-17)8-18-20(10)13-7-5-4-6-12(13)16;/h4-8H,9,17H2,1-3H3,(H,19,21);1H. The molecule has 1 amide bonds. The van der Waals surface area contributed by atoms with Crippen molar-refractivity contribution in [2.75, 3.05) is 6.54 Å². The smallest absolute Gasteiger partial charge is 0.255 e. The number of hydrogen-bond donors (Lipinski definition) is 2.